The van der Waals surface area contributed by atoms with Gasteiger partial charge in [0.2, 0.25) is 5.95 Å². The van der Waals surface area contributed by atoms with Crippen molar-refractivity contribution in [1.29, 1.82) is 0 Å². The van der Waals surface area contributed by atoms with Crippen molar-refractivity contribution in [2.45, 2.75) is 26.7 Å². The Bertz CT molecular complexity index is 804. The van der Waals surface area contributed by atoms with E-state index in [9.17, 15) is 8.42 Å². The maximum absolute atomic E-state index is 12.5. The molecule has 0 amide bonds. The van der Waals surface area contributed by atoms with E-state index in [1.807, 2.05) is 6.07 Å². The number of aromatic nitrogens is 4. The fourth-order valence-electron chi connectivity index (χ4n) is 2.54. The summed E-state index contributed by atoms with van der Waals surface area (Å²) in [5.41, 5.74) is 0.565. The molecule has 3 heterocycles. The van der Waals surface area contributed by atoms with Gasteiger partial charge in [0.25, 0.3) is 0 Å². The molecule has 0 aliphatic carbocycles. The zero-order valence-electron chi connectivity index (χ0n) is 13.7. The first-order valence-electron chi connectivity index (χ1n) is 7.86. The third-order valence-corrected chi connectivity index (χ3v) is 5.43. The van der Waals surface area contributed by atoms with Crippen molar-refractivity contribution in [1.82, 2.24) is 24.2 Å². The van der Waals surface area contributed by atoms with Gasteiger partial charge in [-0.2, -0.15) is 22.7 Å². The third-order valence-electron chi connectivity index (χ3n) is 3.94. The molecular weight excluding hydrogens is 328 g/mol. The van der Waals surface area contributed by atoms with Crippen LogP contribution in [0.4, 0.5) is 5.95 Å². The molecule has 0 unspecified atom stereocenters. The van der Waals surface area contributed by atoms with E-state index >= 15 is 0 Å². The maximum atomic E-state index is 12.5. The summed E-state index contributed by atoms with van der Waals surface area (Å²) in [6, 6.07) is 5.37. The van der Waals surface area contributed by atoms with Crippen LogP contribution in [0.3, 0.4) is 0 Å². The van der Waals surface area contributed by atoms with Crippen molar-refractivity contribution in [3.63, 3.8) is 0 Å². The van der Waals surface area contributed by atoms with Gasteiger partial charge in [-0.15, -0.1) is 0 Å². The molecule has 1 fully saturated rings. The van der Waals surface area contributed by atoms with Gasteiger partial charge in [-0.3, -0.25) is 4.98 Å². The number of anilines is 1. The molecule has 0 spiro atoms. The first-order chi connectivity index (χ1) is 11.4. The smallest absolute Gasteiger partial charge is 0.253 e. The maximum Gasteiger partial charge on any atom is 0.303 e. The molecule has 2 aromatic rings. The number of rotatable bonds is 4. The molecule has 3 rings (SSSR count). The van der Waals surface area contributed by atoms with Gasteiger partial charge in [0.15, 0.2) is 5.82 Å². The molecule has 0 atom stereocenters. The molecule has 1 N–H and O–H groups in total. The molecule has 9 heteroatoms. The number of nitrogens with zero attached hydrogens (tertiary/aromatic N) is 5. The highest BCUT2D eigenvalue weighted by atomic mass is 32.2. The number of hydrogen-bond donors (Lipinski definition) is 1. The quantitative estimate of drug-likeness (QED) is 0.901. The van der Waals surface area contributed by atoms with Crippen molar-refractivity contribution in [2.75, 3.05) is 17.8 Å². The average Bonchev–Trinajstić information content (AvgIpc) is 2.55. The second-order valence-corrected chi connectivity index (χ2v) is 7.60. The van der Waals surface area contributed by atoms with Gasteiger partial charge in [-0.05, 0) is 37.8 Å². The van der Waals surface area contributed by atoms with Crippen LogP contribution in [-0.4, -0.2) is 45.7 Å². The van der Waals surface area contributed by atoms with Crippen LogP contribution < -0.4 is 4.72 Å². The summed E-state index contributed by atoms with van der Waals surface area (Å²) in [5, 5.41) is 0. The highest BCUT2D eigenvalue weighted by Crippen LogP contribution is 2.20. The summed E-state index contributed by atoms with van der Waals surface area (Å²) in [7, 11) is -3.67. The third kappa shape index (κ3) is 3.85. The predicted molar refractivity (Wildman–Crippen MR) is 90.3 cm³/mol. The monoisotopic (exact) mass is 348 g/mol. The fraction of sp³-hybridized carbons (Fsp3) is 0.467. The number of piperidine rings is 1. The molecule has 0 radical (unpaired) electrons. The second kappa shape index (κ2) is 6.78. The summed E-state index contributed by atoms with van der Waals surface area (Å²) in [6.45, 7) is 4.84. The molecule has 0 aromatic carbocycles. The molecule has 1 saturated heterocycles. The van der Waals surface area contributed by atoms with Gasteiger partial charge < -0.3 is 0 Å². The Morgan fingerprint density at radius 2 is 1.92 bits per heavy atom. The molecule has 128 valence electrons. The van der Waals surface area contributed by atoms with E-state index in [0.29, 0.717) is 36.4 Å². The van der Waals surface area contributed by atoms with Crippen molar-refractivity contribution >= 4 is 16.2 Å². The Morgan fingerprint density at radius 3 is 2.58 bits per heavy atom. The van der Waals surface area contributed by atoms with E-state index in [1.165, 1.54) is 4.31 Å². The van der Waals surface area contributed by atoms with Crippen LogP contribution in [0.15, 0.2) is 24.4 Å². The lowest BCUT2D eigenvalue weighted by molar-refractivity contribution is 0.289. The SMILES string of the molecule is Cc1nc(NS(=O)(=O)N2CCC(C)CC2)nc(-c2ccccn2)n1. The van der Waals surface area contributed by atoms with E-state index in [1.54, 1.807) is 25.3 Å². The summed E-state index contributed by atoms with van der Waals surface area (Å²) >= 11 is 0. The summed E-state index contributed by atoms with van der Waals surface area (Å²) < 4.78 is 28.9. The standard InChI is InChI=1S/C15H20N6O2S/c1-11-6-9-21(10-7-11)24(22,23)20-15-18-12(2)17-14(19-15)13-5-3-4-8-16-13/h3-5,8,11H,6-7,9-10H2,1-2H3,(H,17,18,19,20). The van der Waals surface area contributed by atoms with Gasteiger partial charge in [0.05, 0.1) is 0 Å². The lowest BCUT2D eigenvalue weighted by Gasteiger charge is -2.29. The summed E-state index contributed by atoms with van der Waals surface area (Å²) in [5.74, 6) is 1.33. The molecule has 2 aromatic heterocycles. The van der Waals surface area contributed by atoms with Crippen LogP contribution in [0.2, 0.25) is 0 Å². The largest absolute Gasteiger partial charge is 0.303 e. The highest BCUT2D eigenvalue weighted by Gasteiger charge is 2.27. The zero-order valence-corrected chi connectivity index (χ0v) is 14.5. The van der Waals surface area contributed by atoms with Crippen molar-refractivity contribution in [3.05, 3.63) is 30.2 Å². The van der Waals surface area contributed by atoms with E-state index in [4.69, 9.17) is 0 Å². The Morgan fingerprint density at radius 1 is 1.17 bits per heavy atom. The highest BCUT2D eigenvalue weighted by molar-refractivity contribution is 7.90. The van der Waals surface area contributed by atoms with Crippen LogP contribution in [0.5, 0.6) is 0 Å². The van der Waals surface area contributed by atoms with Crippen molar-refractivity contribution in [3.8, 4) is 11.5 Å². The molecule has 0 bridgehead atoms. The lowest BCUT2D eigenvalue weighted by Crippen LogP contribution is -2.41. The Balaban J connectivity index is 1.83. The van der Waals surface area contributed by atoms with Crippen LogP contribution in [0.1, 0.15) is 25.6 Å². The van der Waals surface area contributed by atoms with Gasteiger partial charge in [0.1, 0.15) is 11.5 Å². The van der Waals surface area contributed by atoms with E-state index < -0.39 is 10.2 Å². The molecule has 24 heavy (non-hydrogen) atoms. The summed E-state index contributed by atoms with van der Waals surface area (Å²) in [6.07, 6.45) is 3.35. The number of hydrogen-bond acceptors (Lipinski definition) is 6. The van der Waals surface area contributed by atoms with Crippen molar-refractivity contribution in [2.24, 2.45) is 5.92 Å². The molecule has 1 aliphatic heterocycles. The van der Waals surface area contributed by atoms with Crippen LogP contribution in [0, 0.1) is 12.8 Å². The minimum atomic E-state index is -3.67. The van der Waals surface area contributed by atoms with Gasteiger partial charge >= 0.3 is 10.2 Å². The Kier molecular flexibility index (Phi) is 4.72. The van der Waals surface area contributed by atoms with Crippen molar-refractivity contribution < 1.29 is 8.42 Å². The van der Waals surface area contributed by atoms with E-state index in [2.05, 4.69) is 31.6 Å². The van der Waals surface area contributed by atoms with E-state index in [0.717, 1.165) is 12.8 Å². The molecule has 8 nitrogen and oxygen atoms in total. The summed E-state index contributed by atoms with van der Waals surface area (Å²) in [4.78, 5) is 16.7. The Labute approximate surface area is 141 Å². The second-order valence-electron chi connectivity index (χ2n) is 5.93. The minimum Gasteiger partial charge on any atom is -0.253 e. The molecule has 1 aliphatic rings. The number of nitrogens with one attached hydrogen (secondary N) is 1. The molecular formula is C15H20N6O2S. The minimum absolute atomic E-state index is 0.0155. The fourth-order valence-corrected chi connectivity index (χ4v) is 3.68. The van der Waals surface area contributed by atoms with E-state index in [-0.39, 0.29) is 5.95 Å². The average molecular weight is 348 g/mol. The zero-order chi connectivity index (χ0) is 17.2. The van der Waals surface area contributed by atoms with Gasteiger partial charge in [0, 0.05) is 19.3 Å². The van der Waals surface area contributed by atoms with Crippen LogP contribution in [-0.2, 0) is 10.2 Å². The Hall–Kier alpha value is -2.13. The van der Waals surface area contributed by atoms with Crippen LogP contribution in [0.25, 0.3) is 11.5 Å². The lowest BCUT2D eigenvalue weighted by atomic mass is 10.0. The topological polar surface area (TPSA) is 101 Å². The number of pyridine rings is 1. The normalized spacial score (nSPS) is 16.9. The predicted octanol–water partition coefficient (Wildman–Crippen LogP) is 1.63. The number of aryl methyl sites for hydroxylation is 1. The first-order valence-corrected chi connectivity index (χ1v) is 9.30. The molecule has 0 saturated carbocycles. The van der Waals surface area contributed by atoms with Gasteiger partial charge in [-0.1, -0.05) is 13.0 Å². The van der Waals surface area contributed by atoms with Gasteiger partial charge in [-0.25, -0.2) is 9.71 Å². The van der Waals surface area contributed by atoms with Crippen LogP contribution >= 0.6 is 0 Å². The first kappa shape index (κ1) is 16.7.